The summed E-state index contributed by atoms with van der Waals surface area (Å²) in [6.45, 7) is 9.40. The average molecular weight is 395 g/mol. The molecule has 0 unspecified atom stereocenters. The number of fused-ring (bicyclic) bond motifs is 1. The van der Waals surface area contributed by atoms with E-state index in [9.17, 15) is 14.4 Å². The number of nitrogens with one attached hydrogen (secondary N) is 1. The van der Waals surface area contributed by atoms with Crippen LogP contribution in [0.5, 0.6) is 0 Å². The Bertz CT molecular complexity index is 932. The van der Waals surface area contributed by atoms with Gasteiger partial charge in [0.05, 0.1) is 11.1 Å². The largest absolute Gasteiger partial charge is 0.336 e. The van der Waals surface area contributed by atoms with Gasteiger partial charge in [-0.15, -0.1) is 11.3 Å². The predicted molar refractivity (Wildman–Crippen MR) is 104 cm³/mol. The van der Waals surface area contributed by atoms with Gasteiger partial charge in [0.2, 0.25) is 5.91 Å². The summed E-state index contributed by atoms with van der Waals surface area (Å²) in [7, 11) is 0. The lowest BCUT2D eigenvalue weighted by atomic mass is 10.2. The van der Waals surface area contributed by atoms with Crippen molar-refractivity contribution < 1.29 is 9.59 Å². The number of amides is 3. The highest BCUT2D eigenvalue weighted by atomic mass is 32.2. The number of carbonyl (C=O) groups is 2. The molecular weight excluding hydrogens is 372 g/mol. The molecule has 7 nitrogen and oxygen atoms in total. The normalized spacial score (nSPS) is 14.5. The van der Waals surface area contributed by atoms with E-state index in [1.165, 1.54) is 28.0 Å². The van der Waals surface area contributed by atoms with Crippen molar-refractivity contribution in [1.29, 1.82) is 0 Å². The molecule has 0 spiro atoms. The number of thiophene rings is 1. The molecule has 0 saturated carbocycles. The lowest BCUT2D eigenvalue weighted by Crippen LogP contribution is -2.35. The van der Waals surface area contributed by atoms with Crippen molar-refractivity contribution in [2.75, 3.05) is 18.8 Å². The molecule has 3 heterocycles. The molecule has 3 rings (SSSR count). The summed E-state index contributed by atoms with van der Waals surface area (Å²) >= 11 is 2.71. The zero-order valence-corrected chi connectivity index (χ0v) is 16.9. The Labute approximate surface area is 159 Å². The minimum atomic E-state index is -0.358. The summed E-state index contributed by atoms with van der Waals surface area (Å²) in [5, 5.41) is 3.82. The molecule has 2 aromatic heterocycles. The van der Waals surface area contributed by atoms with Crippen LogP contribution in [-0.2, 0) is 11.3 Å². The number of nitrogens with zero attached hydrogens (tertiary/aromatic N) is 3. The minimum absolute atomic E-state index is 0.0561. The van der Waals surface area contributed by atoms with E-state index in [0.717, 1.165) is 10.4 Å². The molecule has 0 atom stereocenters. The van der Waals surface area contributed by atoms with Gasteiger partial charge in [-0.05, 0) is 25.3 Å². The maximum absolute atomic E-state index is 13.0. The SMILES string of the molecule is Cc1sc2nc(SCC(=O)N3CCNC3=O)n(CC(C)C)c(=O)c2c1C. The summed E-state index contributed by atoms with van der Waals surface area (Å²) in [6.07, 6.45) is 0. The maximum atomic E-state index is 13.0. The molecule has 9 heteroatoms. The number of rotatable bonds is 5. The van der Waals surface area contributed by atoms with Crippen LogP contribution in [0.15, 0.2) is 9.95 Å². The number of aromatic nitrogens is 2. The first kappa shape index (κ1) is 18.9. The van der Waals surface area contributed by atoms with Gasteiger partial charge in [0.15, 0.2) is 5.16 Å². The van der Waals surface area contributed by atoms with Crippen LogP contribution in [0, 0.1) is 19.8 Å². The van der Waals surface area contributed by atoms with E-state index < -0.39 is 0 Å². The van der Waals surface area contributed by atoms with E-state index in [0.29, 0.717) is 35.0 Å². The molecule has 1 N–H and O–H groups in total. The Hall–Kier alpha value is -1.87. The van der Waals surface area contributed by atoms with E-state index in [1.54, 1.807) is 4.57 Å². The molecule has 2 aromatic rings. The number of carbonyl (C=O) groups excluding carboxylic acids is 2. The van der Waals surface area contributed by atoms with Crippen molar-refractivity contribution in [2.24, 2.45) is 5.92 Å². The summed E-state index contributed by atoms with van der Waals surface area (Å²) in [5.74, 6) is 0.0765. The molecule has 3 amide bonds. The van der Waals surface area contributed by atoms with Crippen LogP contribution in [0.3, 0.4) is 0 Å². The van der Waals surface area contributed by atoms with Gasteiger partial charge in [0.1, 0.15) is 4.83 Å². The third-order valence-corrected chi connectivity index (χ3v) is 6.35. The van der Waals surface area contributed by atoms with E-state index in [2.05, 4.69) is 10.3 Å². The van der Waals surface area contributed by atoms with Gasteiger partial charge in [0.25, 0.3) is 5.56 Å². The fourth-order valence-electron chi connectivity index (χ4n) is 2.86. The topological polar surface area (TPSA) is 84.3 Å². The van der Waals surface area contributed by atoms with Gasteiger partial charge in [-0.3, -0.25) is 19.1 Å². The molecule has 140 valence electrons. The van der Waals surface area contributed by atoms with Crippen molar-refractivity contribution in [3.63, 3.8) is 0 Å². The second-order valence-electron chi connectivity index (χ2n) is 6.73. The second kappa shape index (κ2) is 7.40. The molecule has 0 bridgehead atoms. The standard InChI is InChI=1S/C17H22N4O3S2/c1-9(2)7-21-15(23)13-10(3)11(4)26-14(13)19-17(21)25-8-12(22)20-6-5-18-16(20)24/h9H,5-8H2,1-4H3,(H,18,24). The van der Waals surface area contributed by atoms with Gasteiger partial charge in [0, 0.05) is 24.5 Å². The van der Waals surface area contributed by atoms with Crippen molar-refractivity contribution in [2.45, 2.75) is 39.4 Å². The van der Waals surface area contributed by atoms with E-state index in [4.69, 9.17) is 0 Å². The Balaban J connectivity index is 1.94. The van der Waals surface area contributed by atoms with E-state index in [-0.39, 0.29) is 29.2 Å². The Kier molecular flexibility index (Phi) is 5.38. The van der Waals surface area contributed by atoms with Crippen LogP contribution in [0.25, 0.3) is 10.2 Å². The number of aryl methyl sites for hydroxylation is 2. The minimum Gasteiger partial charge on any atom is -0.336 e. The van der Waals surface area contributed by atoms with E-state index >= 15 is 0 Å². The molecular formula is C17H22N4O3S2. The smallest absolute Gasteiger partial charge is 0.324 e. The Morgan fingerprint density at radius 1 is 1.35 bits per heavy atom. The molecule has 1 saturated heterocycles. The van der Waals surface area contributed by atoms with Gasteiger partial charge in [-0.2, -0.15) is 0 Å². The molecule has 1 aliphatic rings. The van der Waals surface area contributed by atoms with Crippen molar-refractivity contribution in [3.05, 3.63) is 20.8 Å². The summed E-state index contributed by atoms with van der Waals surface area (Å²) in [6, 6.07) is -0.358. The maximum Gasteiger partial charge on any atom is 0.324 e. The van der Waals surface area contributed by atoms with Gasteiger partial charge in [-0.1, -0.05) is 25.6 Å². The first-order valence-corrected chi connectivity index (χ1v) is 10.3. The summed E-state index contributed by atoms with van der Waals surface area (Å²) < 4.78 is 1.66. The zero-order chi connectivity index (χ0) is 19.0. The monoisotopic (exact) mass is 394 g/mol. The molecule has 1 aliphatic heterocycles. The first-order valence-electron chi connectivity index (χ1n) is 8.51. The number of thioether (sulfide) groups is 1. The van der Waals surface area contributed by atoms with Crippen molar-refractivity contribution in [1.82, 2.24) is 19.8 Å². The number of urea groups is 1. The molecule has 0 radical (unpaired) electrons. The third-order valence-electron chi connectivity index (χ3n) is 4.28. The van der Waals surface area contributed by atoms with Crippen LogP contribution in [0.4, 0.5) is 4.79 Å². The van der Waals surface area contributed by atoms with Gasteiger partial charge < -0.3 is 5.32 Å². The van der Waals surface area contributed by atoms with Crippen LogP contribution in [0.1, 0.15) is 24.3 Å². The number of imide groups is 1. The lowest BCUT2D eigenvalue weighted by Gasteiger charge is -2.15. The number of hydrogen-bond acceptors (Lipinski definition) is 6. The summed E-state index contributed by atoms with van der Waals surface area (Å²) in [4.78, 5) is 44.6. The number of hydrogen-bond donors (Lipinski definition) is 1. The highest BCUT2D eigenvalue weighted by Crippen LogP contribution is 2.28. The van der Waals surface area contributed by atoms with Gasteiger partial charge >= 0.3 is 6.03 Å². The fraction of sp³-hybridized carbons (Fsp3) is 0.529. The van der Waals surface area contributed by atoms with Crippen LogP contribution >= 0.6 is 23.1 Å². The highest BCUT2D eigenvalue weighted by molar-refractivity contribution is 7.99. The van der Waals surface area contributed by atoms with Crippen molar-refractivity contribution >= 4 is 45.3 Å². The van der Waals surface area contributed by atoms with Gasteiger partial charge in [-0.25, -0.2) is 9.78 Å². The quantitative estimate of drug-likeness (QED) is 0.622. The lowest BCUT2D eigenvalue weighted by molar-refractivity contribution is -0.124. The Morgan fingerprint density at radius 2 is 2.08 bits per heavy atom. The molecule has 26 heavy (non-hydrogen) atoms. The Morgan fingerprint density at radius 3 is 2.69 bits per heavy atom. The molecule has 0 aromatic carbocycles. The second-order valence-corrected chi connectivity index (χ2v) is 8.88. The van der Waals surface area contributed by atoms with Crippen LogP contribution < -0.4 is 10.9 Å². The first-order chi connectivity index (χ1) is 12.3. The molecule has 1 fully saturated rings. The van der Waals surface area contributed by atoms with Crippen LogP contribution in [0.2, 0.25) is 0 Å². The average Bonchev–Trinajstić information content (AvgIpc) is 3.12. The summed E-state index contributed by atoms with van der Waals surface area (Å²) in [5.41, 5.74) is 0.917. The highest BCUT2D eigenvalue weighted by Gasteiger charge is 2.26. The molecule has 0 aliphatic carbocycles. The van der Waals surface area contributed by atoms with Crippen molar-refractivity contribution in [3.8, 4) is 0 Å². The predicted octanol–water partition coefficient (Wildman–Crippen LogP) is 2.37. The van der Waals surface area contributed by atoms with Crippen LogP contribution in [-0.4, -0.2) is 45.2 Å². The van der Waals surface area contributed by atoms with E-state index in [1.807, 2.05) is 27.7 Å². The fourth-order valence-corrected chi connectivity index (χ4v) is 4.81. The zero-order valence-electron chi connectivity index (χ0n) is 15.3. The third kappa shape index (κ3) is 3.50.